The van der Waals surface area contributed by atoms with Crippen molar-refractivity contribution < 1.29 is 9.90 Å². The van der Waals surface area contributed by atoms with Crippen LogP contribution in [0, 0.1) is 5.41 Å². The van der Waals surface area contributed by atoms with E-state index >= 15 is 0 Å². The molecule has 3 heteroatoms. The van der Waals surface area contributed by atoms with E-state index < -0.39 is 0 Å². The number of amides is 1. The maximum Gasteiger partial charge on any atom is 0.251 e. The van der Waals surface area contributed by atoms with E-state index in [0.717, 1.165) is 25.7 Å². The molecule has 0 aliphatic heterocycles. The SMILES string of the molecule is CC1(C)CCC(NC(=O)c2cccc(O)c2)CC1. The van der Waals surface area contributed by atoms with E-state index in [4.69, 9.17) is 0 Å². The van der Waals surface area contributed by atoms with Crippen LogP contribution in [0.5, 0.6) is 5.75 Å². The zero-order valence-electron chi connectivity index (χ0n) is 11.1. The van der Waals surface area contributed by atoms with Gasteiger partial charge in [-0.3, -0.25) is 4.79 Å². The minimum atomic E-state index is -0.0874. The van der Waals surface area contributed by atoms with Crippen molar-refractivity contribution in [3.8, 4) is 5.75 Å². The van der Waals surface area contributed by atoms with E-state index in [0.29, 0.717) is 11.0 Å². The highest BCUT2D eigenvalue weighted by molar-refractivity contribution is 5.94. The summed E-state index contributed by atoms with van der Waals surface area (Å²) < 4.78 is 0. The Labute approximate surface area is 108 Å². The number of rotatable bonds is 2. The summed E-state index contributed by atoms with van der Waals surface area (Å²) in [4.78, 5) is 12.0. The molecule has 0 spiro atoms. The minimum Gasteiger partial charge on any atom is -0.508 e. The lowest BCUT2D eigenvalue weighted by atomic mass is 9.75. The fourth-order valence-corrected chi connectivity index (χ4v) is 2.46. The molecule has 98 valence electrons. The third-order valence-corrected chi connectivity index (χ3v) is 3.78. The zero-order valence-corrected chi connectivity index (χ0v) is 11.1. The summed E-state index contributed by atoms with van der Waals surface area (Å²) in [6.07, 6.45) is 4.38. The summed E-state index contributed by atoms with van der Waals surface area (Å²) in [7, 11) is 0. The number of hydrogen-bond donors (Lipinski definition) is 2. The Morgan fingerprint density at radius 2 is 2.00 bits per heavy atom. The highest BCUT2D eigenvalue weighted by atomic mass is 16.3. The van der Waals surface area contributed by atoms with Crippen LogP contribution >= 0.6 is 0 Å². The van der Waals surface area contributed by atoms with Crippen molar-refractivity contribution in [1.29, 1.82) is 0 Å². The van der Waals surface area contributed by atoms with Crippen LogP contribution in [-0.4, -0.2) is 17.1 Å². The van der Waals surface area contributed by atoms with Crippen LogP contribution in [0.4, 0.5) is 0 Å². The first-order chi connectivity index (χ1) is 8.46. The summed E-state index contributed by atoms with van der Waals surface area (Å²) in [5, 5.41) is 12.4. The Morgan fingerprint density at radius 3 is 2.61 bits per heavy atom. The molecule has 3 nitrogen and oxygen atoms in total. The Morgan fingerprint density at radius 1 is 1.33 bits per heavy atom. The van der Waals surface area contributed by atoms with Gasteiger partial charge in [0.1, 0.15) is 5.75 Å². The van der Waals surface area contributed by atoms with Gasteiger partial charge in [0.15, 0.2) is 0 Å². The molecule has 1 aromatic rings. The topological polar surface area (TPSA) is 49.3 Å². The van der Waals surface area contributed by atoms with Crippen molar-refractivity contribution in [1.82, 2.24) is 5.32 Å². The number of hydrogen-bond acceptors (Lipinski definition) is 2. The summed E-state index contributed by atoms with van der Waals surface area (Å²) in [5.41, 5.74) is 0.937. The molecule has 1 aromatic carbocycles. The highest BCUT2D eigenvalue weighted by Gasteiger charge is 2.27. The smallest absolute Gasteiger partial charge is 0.251 e. The molecule has 1 fully saturated rings. The third-order valence-electron chi connectivity index (χ3n) is 3.78. The summed E-state index contributed by atoms with van der Waals surface area (Å²) in [6, 6.07) is 6.76. The van der Waals surface area contributed by atoms with Crippen LogP contribution < -0.4 is 5.32 Å². The first-order valence-corrected chi connectivity index (χ1v) is 6.56. The van der Waals surface area contributed by atoms with Crippen molar-refractivity contribution in [2.75, 3.05) is 0 Å². The molecule has 1 aliphatic carbocycles. The van der Waals surface area contributed by atoms with E-state index in [9.17, 15) is 9.90 Å². The summed E-state index contributed by atoms with van der Waals surface area (Å²) >= 11 is 0. The quantitative estimate of drug-likeness (QED) is 0.843. The lowest BCUT2D eigenvalue weighted by molar-refractivity contribution is 0.0908. The molecule has 0 radical (unpaired) electrons. The molecule has 2 rings (SSSR count). The van der Waals surface area contributed by atoms with Crippen LogP contribution in [0.1, 0.15) is 49.9 Å². The molecule has 0 bridgehead atoms. The van der Waals surface area contributed by atoms with Crippen LogP contribution in [0.2, 0.25) is 0 Å². The third kappa shape index (κ3) is 3.25. The largest absolute Gasteiger partial charge is 0.508 e. The molecule has 0 atom stereocenters. The second kappa shape index (κ2) is 5.01. The lowest BCUT2D eigenvalue weighted by Gasteiger charge is -2.34. The summed E-state index contributed by atoms with van der Waals surface area (Å²) in [5.74, 6) is 0.0445. The first-order valence-electron chi connectivity index (χ1n) is 6.56. The van der Waals surface area contributed by atoms with Gasteiger partial charge in [0.2, 0.25) is 0 Å². The van der Waals surface area contributed by atoms with Gasteiger partial charge < -0.3 is 10.4 Å². The van der Waals surface area contributed by atoms with E-state index in [1.165, 1.54) is 6.07 Å². The molecule has 2 N–H and O–H groups in total. The molecular weight excluding hydrogens is 226 g/mol. The zero-order chi connectivity index (χ0) is 13.2. The molecular formula is C15H21NO2. The van der Waals surface area contributed by atoms with Gasteiger partial charge in [0.25, 0.3) is 5.91 Å². The first kappa shape index (κ1) is 12.9. The Bertz CT molecular complexity index is 430. The number of carbonyl (C=O) groups is 1. The fourth-order valence-electron chi connectivity index (χ4n) is 2.46. The molecule has 0 saturated heterocycles. The number of phenolic OH excluding ortho intramolecular Hbond substituents is 1. The van der Waals surface area contributed by atoms with Gasteiger partial charge in [-0.25, -0.2) is 0 Å². The Hall–Kier alpha value is -1.51. The van der Waals surface area contributed by atoms with E-state index in [1.807, 2.05) is 0 Å². The van der Waals surface area contributed by atoms with Crippen LogP contribution in [-0.2, 0) is 0 Å². The predicted molar refractivity (Wildman–Crippen MR) is 71.6 cm³/mol. The van der Waals surface area contributed by atoms with Crippen molar-refractivity contribution >= 4 is 5.91 Å². The number of aromatic hydroxyl groups is 1. The van der Waals surface area contributed by atoms with Gasteiger partial charge in [-0.15, -0.1) is 0 Å². The van der Waals surface area contributed by atoms with Crippen molar-refractivity contribution in [2.24, 2.45) is 5.41 Å². The Kier molecular flexibility index (Phi) is 3.60. The van der Waals surface area contributed by atoms with Crippen LogP contribution in [0.3, 0.4) is 0 Å². The average molecular weight is 247 g/mol. The number of nitrogens with one attached hydrogen (secondary N) is 1. The molecule has 1 amide bonds. The molecule has 1 aliphatic rings. The molecule has 18 heavy (non-hydrogen) atoms. The lowest BCUT2D eigenvalue weighted by Crippen LogP contribution is -2.39. The number of phenols is 1. The highest BCUT2D eigenvalue weighted by Crippen LogP contribution is 2.35. The van der Waals surface area contributed by atoms with Gasteiger partial charge in [0.05, 0.1) is 0 Å². The average Bonchev–Trinajstić information content (AvgIpc) is 2.32. The fraction of sp³-hybridized carbons (Fsp3) is 0.533. The second-order valence-electron chi connectivity index (χ2n) is 5.96. The number of benzene rings is 1. The maximum atomic E-state index is 12.0. The van der Waals surface area contributed by atoms with Crippen molar-refractivity contribution in [2.45, 2.75) is 45.6 Å². The Balaban J connectivity index is 1.93. The molecule has 0 unspecified atom stereocenters. The van der Waals surface area contributed by atoms with Gasteiger partial charge in [-0.05, 0) is 49.3 Å². The number of carbonyl (C=O) groups excluding carboxylic acids is 1. The van der Waals surface area contributed by atoms with Crippen LogP contribution in [0.25, 0.3) is 0 Å². The van der Waals surface area contributed by atoms with E-state index in [2.05, 4.69) is 19.2 Å². The molecule has 0 heterocycles. The minimum absolute atomic E-state index is 0.0874. The maximum absolute atomic E-state index is 12.0. The standard InChI is InChI=1S/C15H21NO2/c1-15(2)8-6-12(7-9-15)16-14(18)11-4-3-5-13(17)10-11/h3-5,10,12,17H,6-9H2,1-2H3,(H,16,18). The second-order valence-corrected chi connectivity index (χ2v) is 5.96. The van der Waals surface area contributed by atoms with Gasteiger partial charge in [0, 0.05) is 11.6 Å². The van der Waals surface area contributed by atoms with Gasteiger partial charge in [-0.1, -0.05) is 19.9 Å². The van der Waals surface area contributed by atoms with Crippen LogP contribution in [0.15, 0.2) is 24.3 Å². The van der Waals surface area contributed by atoms with E-state index in [-0.39, 0.29) is 17.7 Å². The predicted octanol–water partition coefficient (Wildman–Crippen LogP) is 3.09. The molecule has 1 saturated carbocycles. The monoisotopic (exact) mass is 247 g/mol. The van der Waals surface area contributed by atoms with Crippen molar-refractivity contribution in [3.63, 3.8) is 0 Å². The normalized spacial score (nSPS) is 19.4. The van der Waals surface area contributed by atoms with Gasteiger partial charge >= 0.3 is 0 Å². The van der Waals surface area contributed by atoms with E-state index in [1.54, 1.807) is 18.2 Å². The van der Waals surface area contributed by atoms with Gasteiger partial charge in [-0.2, -0.15) is 0 Å². The van der Waals surface area contributed by atoms with Crippen molar-refractivity contribution in [3.05, 3.63) is 29.8 Å². The summed E-state index contributed by atoms with van der Waals surface area (Å²) in [6.45, 7) is 4.56. The molecule has 0 aromatic heterocycles.